The second-order valence-electron chi connectivity index (χ2n) is 6.20. The van der Waals surface area contributed by atoms with Crippen LogP contribution in [0.25, 0.3) is 0 Å². The molecule has 0 bridgehead atoms. The van der Waals surface area contributed by atoms with Crippen molar-refractivity contribution in [2.45, 2.75) is 52.0 Å². The lowest BCUT2D eigenvalue weighted by Crippen LogP contribution is -2.41. The third-order valence-corrected chi connectivity index (χ3v) is 2.58. The molecular formula is C14H29FN2O4. The molecule has 0 heterocycles. The first kappa shape index (κ1) is 20.1. The Kier molecular flexibility index (Phi) is 8.77. The smallest absolute Gasteiger partial charge is 0.407 e. The van der Waals surface area contributed by atoms with Gasteiger partial charge in [0.25, 0.3) is 0 Å². The number of hydrogen-bond donors (Lipinski definition) is 2. The molecule has 1 atom stereocenters. The minimum atomic E-state index is -1.22. The van der Waals surface area contributed by atoms with Gasteiger partial charge in [-0.25, -0.2) is 9.18 Å². The van der Waals surface area contributed by atoms with E-state index in [0.717, 1.165) is 0 Å². The number of carbonyl (C=O) groups is 1. The molecule has 0 saturated heterocycles. The van der Waals surface area contributed by atoms with Gasteiger partial charge in [0.15, 0.2) is 0 Å². The molecule has 3 N–H and O–H groups in total. The summed E-state index contributed by atoms with van der Waals surface area (Å²) in [7, 11) is 0. The normalized spacial score (nSPS) is 13.9. The van der Waals surface area contributed by atoms with E-state index in [2.05, 4.69) is 5.32 Å². The molecule has 0 aliphatic heterocycles. The molecule has 0 aromatic carbocycles. The number of nitrogens with two attached hydrogens (primary N) is 1. The average molecular weight is 308 g/mol. The molecule has 21 heavy (non-hydrogen) atoms. The van der Waals surface area contributed by atoms with Gasteiger partial charge in [-0.05, 0) is 34.6 Å². The van der Waals surface area contributed by atoms with E-state index in [9.17, 15) is 9.18 Å². The Morgan fingerprint density at radius 1 is 1.19 bits per heavy atom. The molecule has 0 rings (SSSR count). The van der Waals surface area contributed by atoms with Crippen LogP contribution in [0.5, 0.6) is 0 Å². The van der Waals surface area contributed by atoms with E-state index < -0.39 is 23.5 Å². The van der Waals surface area contributed by atoms with Crippen molar-refractivity contribution < 1.29 is 23.4 Å². The minimum absolute atomic E-state index is 0.0757. The van der Waals surface area contributed by atoms with Crippen LogP contribution in [-0.4, -0.2) is 56.4 Å². The van der Waals surface area contributed by atoms with Crippen molar-refractivity contribution >= 4 is 6.09 Å². The highest BCUT2D eigenvalue weighted by Crippen LogP contribution is 2.16. The zero-order valence-electron chi connectivity index (χ0n) is 13.7. The third kappa shape index (κ3) is 10.4. The summed E-state index contributed by atoms with van der Waals surface area (Å²) in [5, 5.41) is 2.57. The molecule has 6 nitrogen and oxygen atoms in total. The number of rotatable bonds is 9. The van der Waals surface area contributed by atoms with Gasteiger partial charge >= 0.3 is 6.09 Å². The van der Waals surface area contributed by atoms with Crippen molar-refractivity contribution in [3.05, 3.63) is 0 Å². The molecule has 1 unspecified atom stereocenters. The van der Waals surface area contributed by atoms with E-state index >= 15 is 0 Å². The lowest BCUT2D eigenvalue weighted by atomic mass is 10.0. The van der Waals surface area contributed by atoms with Gasteiger partial charge < -0.3 is 25.3 Å². The highest BCUT2D eigenvalue weighted by atomic mass is 19.1. The van der Waals surface area contributed by atoms with Crippen LogP contribution >= 0.6 is 0 Å². The van der Waals surface area contributed by atoms with E-state index in [1.807, 2.05) is 0 Å². The second-order valence-corrected chi connectivity index (χ2v) is 6.20. The second kappa shape index (κ2) is 9.17. The Hall–Kier alpha value is -0.920. The summed E-state index contributed by atoms with van der Waals surface area (Å²) in [5.41, 5.74) is 3.82. The predicted molar refractivity (Wildman–Crippen MR) is 79.0 cm³/mol. The van der Waals surface area contributed by atoms with E-state index in [1.165, 1.54) is 0 Å². The van der Waals surface area contributed by atoms with E-state index in [4.69, 9.17) is 19.9 Å². The first-order valence-corrected chi connectivity index (χ1v) is 7.11. The summed E-state index contributed by atoms with van der Waals surface area (Å²) in [5.74, 6) is 0. The number of nitrogens with one attached hydrogen (secondary N) is 1. The monoisotopic (exact) mass is 308 g/mol. The minimum Gasteiger partial charge on any atom is -0.444 e. The van der Waals surface area contributed by atoms with Crippen LogP contribution in [-0.2, 0) is 14.2 Å². The fraction of sp³-hybridized carbons (Fsp3) is 0.929. The lowest BCUT2D eigenvalue weighted by Gasteiger charge is -2.28. The standard InChI is InChI=1S/C14H29FN2O4/c1-13(2,3)21-12(18)17-6-7-19-8-9-20-14(4,5)11(15)10-16/h11H,6-10,16H2,1-5H3,(H,17,18). The van der Waals surface area contributed by atoms with Crippen molar-refractivity contribution in [1.82, 2.24) is 5.32 Å². The van der Waals surface area contributed by atoms with Crippen molar-refractivity contribution in [2.24, 2.45) is 5.73 Å². The third-order valence-electron chi connectivity index (χ3n) is 2.58. The number of alkyl halides is 1. The number of carbonyl (C=O) groups excluding carboxylic acids is 1. The SMILES string of the molecule is CC(C)(C)OC(=O)NCCOCCOC(C)(C)C(F)CN. The zero-order chi connectivity index (χ0) is 16.5. The highest BCUT2D eigenvalue weighted by Gasteiger charge is 2.29. The van der Waals surface area contributed by atoms with Crippen molar-refractivity contribution in [2.75, 3.05) is 32.9 Å². The van der Waals surface area contributed by atoms with Gasteiger partial charge in [0, 0.05) is 13.1 Å². The van der Waals surface area contributed by atoms with Crippen LogP contribution in [0, 0.1) is 0 Å². The topological polar surface area (TPSA) is 82.8 Å². The molecule has 0 aromatic rings. The van der Waals surface area contributed by atoms with Crippen LogP contribution < -0.4 is 11.1 Å². The fourth-order valence-electron chi connectivity index (χ4n) is 1.38. The molecule has 0 saturated carbocycles. The van der Waals surface area contributed by atoms with Gasteiger partial charge in [0.05, 0.1) is 25.4 Å². The Balaban J connectivity index is 3.59. The van der Waals surface area contributed by atoms with Crippen molar-refractivity contribution in [3.8, 4) is 0 Å². The highest BCUT2D eigenvalue weighted by molar-refractivity contribution is 5.67. The first-order valence-electron chi connectivity index (χ1n) is 7.11. The molecule has 0 radical (unpaired) electrons. The Morgan fingerprint density at radius 3 is 2.33 bits per heavy atom. The van der Waals surface area contributed by atoms with Crippen LogP contribution in [0.2, 0.25) is 0 Å². The summed E-state index contributed by atoms with van der Waals surface area (Å²) < 4.78 is 29.1. The van der Waals surface area contributed by atoms with Gasteiger partial charge in [-0.2, -0.15) is 0 Å². The molecule has 0 fully saturated rings. The van der Waals surface area contributed by atoms with Gasteiger partial charge in [-0.3, -0.25) is 0 Å². The summed E-state index contributed by atoms with van der Waals surface area (Å²) in [6.07, 6.45) is -1.70. The van der Waals surface area contributed by atoms with Crippen molar-refractivity contribution in [1.29, 1.82) is 0 Å². The zero-order valence-corrected chi connectivity index (χ0v) is 13.7. The number of ether oxygens (including phenoxy) is 3. The average Bonchev–Trinajstić information content (AvgIpc) is 2.34. The Bertz CT molecular complexity index is 306. The first-order chi connectivity index (χ1) is 9.58. The quantitative estimate of drug-likeness (QED) is 0.632. The van der Waals surface area contributed by atoms with E-state index in [0.29, 0.717) is 19.8 Å². The fourth-order valence-corrected chi connectivity index (χ4v) is 1.38. The summed E-state index contributed by atoms with van der Waals surface area (Å²) in [6.45, 7) is 9.85. The van der Waals surface area contributed by atoms with Gasteiger partial charge in [0.1, 0.15) is 11.8 Å². The summed E-state index contributed by atoms with van der Waals surface area (Å²) in [4.78, 5) is 11.3. The molecule has 0 aromatic heterocycles. The maximum Gasteiger partial charge on any atom is 0.407 e. The maximum atomic E-state index is 13.4. The number of amides is 1. The molecule has 1 amide bonds. The van der Waals surface area contributed by atoms with Crippen LogP contribution in [0.4, 0.5) is 9.18 Å². The summed E-state index contributed by atoms with van der Waals surface area (Å²) in [6, 6.07) is 0. The van der Waals surface area contributed by atoms with E-state index in [-0.39, 0.29) is 13.2 Å². The molecule has 7 heteroatoms. The van der Waals surface area contributed by atoms with Gasteiger partial charge in [-0.15, -0.1) is 0 Å². The molecule has 0 aliphatic carbocycles. The molecule has 126 valence electrons. The van der Waals surface area contributed by atoms with E-state index in [1.54, 1.807) is 34.6 Å². The van der Waals surface area contributed by atoms with Gasteiger partial charge in [-0.1, -0.05) is 0 Å². The molecule has 0 spiro atoms. The lowest BCUT2D eigenvalue weighted by molar-refractivity contribution is -0.0848. The Morgan fingerprint density at radius 2 is 1.81 bits per heavy atom. The number of hydrogen-bond acceptors (Lipinski definition) is 5. The number of alkyl carbamates (subject to hydrolysis) is 1. The summed E-state index contributed by atoms with van der Waals surface area (Å²) >= 11 is 0. The molecule has 0 aliphatic rings. The maximum absolute atomic E-state index is 13.4. The van der Waals surface area contributed by atoms with Crippen LogP contribution in [0.1, 0.15) is 34.6 Å². The Labute approximate surface area is 126 Å². The van der Waals surface area contributed by atoms with Crippen molar-refractivity contribution in [3.63, 3.8) is 0 Å². The number of halogens is 1. The van der Waals surface area contributed by atoms with Crippen LogP contribution in [0.3, 0.4) is 0 Å². The predicted octanol–water partition coefficient (Wildman–Crippen LogP) is 1.62. The van der Waals surface area contributed by atoms with Gasteiger partial charge in [0.2, 0.25) is 0 Å². The molecular weight excluding hydrogens is 279 g/mol. The largest absolute Gasteiger partial charge is 0.444 e. The van der Waals surface area contributed by atoms with Crippen LogP contribution in [0.15, 0.2) is 0 Å².